The van der Waals surface area contributed by atoms with E-state index in [1.807, 2.05) is 13.8 Å². The zero-order chi connectivity index (χ0) is 13.0. The first-order valence-electron chi connectivity index (χ1n) is 5.36. The Labute approximate surface area is 106 Å². The Balaban J connectivity index is 2.61. The molecule has 0 aliphatic heterocycles. The minimum Gasteiger partial charge on any atom is -0.375 e. The van der Waals surface area contributed by atoms with Gasteiger partial charge in [0.2, 0.25) is 5.91 Å². The van der Waals surface area contributed by atoms with E-state index in [9.17, 15) is 9.18 Å². The molecule has 0 atom stereocenters. The predicted molar refractivity (Wildman–Crippen MR) is 67.8 cm³/mol. The molecule has 1 aromatic rings. The number of carbonyl (C=O) groups excluding carboxylic acids is 1. The molecule has 0 radical (unpaired) electrons. The van der Waals surface area contributed by atoms with Crippen molar-refractivity contribution in [2.75, 3.05) is 18.9 Å². The molecule has 0 heterocycles. The lowest BCUT2D eigenvalue weighted by Crippen LogP contribution is -2.37. The number of hydrogen-bond donors (Lipinski definition) is 1. The van der Waals surface area contributed by atoms with Crippen molar-refractivity contribution in [3.05, 3.63) is 29.0 Å². The lowest BCUT2D eigenvalue weighted by Gasteiger charge is -2.22. The summed E-state index contributed by atoms with van der Waals surface area (Å²) in [7, 11) is 1.72. The SMILES string of the molecule is CC(C)N(C)C(=O)CNc1cc(F)ccc1Cl. The van der Waals surface area contributed by atoms with Crippen LogP contribution in [0, 0.1) is 5.82 Å². The van der Waals surface area contributed by atoms with Gasteiger partial charge in [0.05, 0.1) is 17.3 Å². The van der Waals surface area contributed by atoms with E-state index in [0.29, 0.717) is 10.7 Å². The van der Waals surface area contributed by atoms with Gasteiger partial charge >= 0.3 is 0 Å². The van der Waals surface area contributed by atoms with Crippen molar-refractivity contribution >= 4 is 23.2 Å². The molecule has 0 saturated heterocycles. The highest BCUT2D eigenvalue weighted by atomic mass is 35.5. The molecule has 1 N–H and O–H groups in total. The highest BCUT2D eigenvalue weighted by molar-refractivity contribution is 6.33. The van der Waals surface area contributed by atoms with E-state index in [1.165, 1.54) is 18.2 Å². The minimum atomic E-state index is -0.387. The summed E-state index contributed by atoms with van der Waals surface area (Å²) in [5.41, 5.74) is 0.428. The van der Waals surface area contributed by atoms with Crippen LogP contribution in [0.5, 0.6) is 0 Å². The van der Waals surface area contributed by atoms with Crippen LogP contribution in [0.3, 0.4) is 0 Å². The molecule has 1 aromatic carbocycles. The number of halogens is 2. The average molecular weight is 259 g/mol. The first-order chi connectivity index (χ1) is 7.91. The van der Waals surface area contributed by atoms with Gasteiger partial charge in [-0.15, -0.1) is 0 Å². The summed E-state index contributed by atoms with van der Waals surface area (Å²) in [6, 6.07) is 4.13. The number of nitrogens with one attached hydrogen (secondary N) is 1. The maximum atomic E-state index is 13.0. The Morgan fingerprint density at radius 2 is 2.18 bits per heavy atom. The van der Waals surface area contributed by atoms with Crippen molar-refractivity contribution in [1.29, 1.82) is 0 Å². The number of amides is 1. The molecule has 0 aromatic heterocycles. The number of carbonyl (C=O) groups is 1. The zero-order valence-corrected chi connectivity index (χ0v) is 10.9. The van der Waals surface area contributed by atoms with E-state index in [2.05, 4.69) is 5.32 Å². The topological polar surface area (TPSA) is 32.3 Å². The molecule has 5 heteroatoms. The lowest BCUT2D eigenvalue weighted by molar-refractivity contribution is -0.129. The summed E-state index contributed by atoms with van der Waals surface area (Å²) in [6.07, 6.45) is 0. The second-order valence-corrected chi connectivity index (χ2v) is 4.48. The third-order valence-electron chi connectivity index (χ3n) is 2.53. The number of nitrogens with zero attached hydrogens (tertiary/aromatic N) is 1. The van der Waals surface area contributed by atoms with Crippen LogP contribution in [-0.4, -0.2) is 30.4 Å². The standard InChI is InChI=1S/C12H16ClFN2O/c1-8(2)16(3)12(17)7-15-11-6-9(14)4-5-10(11)13/h4-6,8,15H,7H2,1-3H3. The number of hydrogen-bond acceptors (Lipinski definition) is 2. The third kappa shape index (κ3) is 3.89. The van der Waals surface area contributed by atoms with E-state index >= 15 is 0 Å². The van der Waals surface area contributed by atoms with Gasteiger partial charge in [-0.1, -0.05) is 11.6 Å². The maximum absolute atomic E-state index is 13.0. The van der Waals surface area contributed by atoms with Gasteiger partial charge in [-0.3, -0.25) is 4.79 Å². The molecule has 0 spiro atoms. The molecular formula is C12H16ClFN2O. The quantitative estimate of drug-likeness (QED) is 0.901. The normalized spacial score (nSPS) is 10.5. The summed E-state index contributed by atoms with van der Waals surface area (Å²) in [6.45, 7) is 3.94. The van der Waals surface area contributed by atoms with Gasteiger partial charge in [-0.05, 0) is 32.0 Å². The Kier molecular flexibility index (Phi) is 4.75. The van der Waals surface area contributed by atoms with E-state index < -0.39 is 0 Å². The molecule has 3 nitrogen and oxygen atoms in total. The predicted octanol–water partition coefficient (Wildman–Crippen LogP) is 2.76. The van der Waals surface area contributed by atoms with Crippen molar-refractivity contribution in [2.45, 2.75) is 19.9 Å². The van der Waals surface area contributed by atoms with Crippen molar-refractivity contribution in [3.63, 3.8) is 0 Å². The number of benzene rings is 1. The fraction of sp³-hybridized carbons (Fsp3) is 0.417. The van der Waals surface area contributed by atoms with Crippen LogP contribution >= 0.6 is 11.6 Å². The van der Waals surface area contributed by atoms with E-state index in [1.54, 1.807) is 11.9 Å². The van der Waals surface area contributed by atoms with Crippen LogP contribution in [0.15, 0.2) is 18.2 Å². The van der Waals surface area contributed by atoms with Gasteiger partial charge in [-0.2, -0.15) is 0 Å². The fourth-order valence-electron chi connectivity index (χ4n) is 1.22. The molecule has 94 valence electrons. The van der Waals surface area contributed by atoms with Crippen LogP contribution < -0.4 is 5.32 Å². The lowest BCUT2D eigenvalue weighted by atomic mass is 10.3. The van der Waals surface area contributed by atoms with Crippen LogP contribution in [-0.2, 0) is 4.79 Å². The van der Waals surface area contributed by atoms with Crippen LogP contribution in [0.4, 0.5) is 10.1 Å². The van der Waals surface area contributed by atoms with Crippen molar-refractivity contribution in [1.82, 2.24) is 4.90 Å². The molecular weight excluding hydrogens is 243 g/mol. The summed E-state index contributed by atoms with van der Waals surface area (Å²) >= 11 is 5.87. The van der Waals surface area contributed by atoms with Gasteiger partial charge < -0.3 is 10.2 Å². The monoisotopic (exact) mass is 258 g/mol. The fourth-order valence-corrected chi connectivity index (χ4v) is 1.40. The Hall–Kier alpha value is -1.29. The Morgan fingerprint density at radius 3 is 2.76 bits per heavy atom. The van der Waals surface area contributed by atoms with E-state index in [4.69, 9.17) is 11.6 Å². The molecule has 17 heavy (non-hydrogen) atoms. The number of anilines is 1. The van der Waals surface area contributed by atoms with E-state index in [0.717, 1.165) is 0 Å². The molecule has 1 rings (SSSR count). The smallest absolute Gasteiger partial charge is 0.241 e. The molecule has 0 fully saturated rings. The van der Waals surface area contributed by atoms with Gasteiger partial charge in [0.15, 0.2) is 0 Å². The largest absolute Gasteiger partial charge is 0.375 e. The Bertz CT molecular complexity index is 409. The minimum absolute atomic E-state index is 0.0691. The molecule has 0 saturated carbocycles. The average Bonchev–Trinajstić information content (AvgIpc) is 2.28. The number of likely N-dealkylation sites (N-methyl/N-ethyl adjacent to an activating group) is 1. The molecule has 1 amide bonds. The molecule has 0 aliphatic rings. The summed E-state index contributed by atoms with van der Waals surface area (Å²) in [5, 5.41) is 3.22. The highest BCUT2D eigenvalue weighted by Gasteiger charge is 2.12. The summed E-state index contributed by atoms with van der Waals surface area (Å²) in [5.74, 6) is -0.457. The van der Waals surface area contributed by atoms with Gasteiger partial charge in [0, 0.05) is 13.1 Å². The molecule has 0 bridgehead atoms. The summed E-state index contributed by atoms with van der Waals surface area (Å²) < 4.78 is 13.0. The Morgan fingerprint density at radius 1 is 1.53 bits per heavy atom. The van der Waals surface area contributed by atoms with Crippen molar-refractivity contribution in [2.24, 2.45) is 0 Å². The third-order valence-corrected chi connectivity index (χ3v) is 2.86. The number of rotatable bonds is 4. The highest BCUT2D eigenvalue weighted by Crippen LogP contribution is 2.22. The maximum Gasteiger partial charge on any atom is 0.241 e. The zero-order valence-electron chi connectivity index (χ0n) is 10.1. The molecule has 0 aliphatic carbocycles. The van der Waals surface area contributed by atoms with E-state index in [-0.39, 0.29) is 24.3 Å². The van der Waals surface area contributed by atoms with Crippen molar-refractivity contribution < 1.29 is 9.18 Å². The second kappa shape index (κ2) is 5.87. The van der Waals surface area contributed by atoms with Gasteiger partial charge in [0.25, 0.3) is 0 Å². The van der Waals surface area contributed by atoms with Gasteiger partial charge in [0.1, 0.15) is 5.82 Å². The summed E-state index contributed by atoms with van der Waals surface area (Å²) in [4.78, 5) is 13.3. The first kappa shape index (κ1) is 13.8. The first-order valence-corrected chi connectivity index (χ1v) is 5.74. The van der Waals surface area contributed by atoms with Crippen LogP contribution in [0.1, 0.15) is 13.8 Å². The van der Waals surface area contributed by atoms with Crippen LogP contribution in [0.2, 0.25) is 5.02 Å². The van der Waals surface area contributed by atoms with Crippen LogP contribution in [0.25, 0.3) is 0 Å². The van der Waals surface area contributed by atoms with Gasteiger partial charge in [-0.25, -0.2) is 4.39 Å². The molecule has 0 unspecified atom stereocenters. The van der Waals surface area contributed by atoms with Crippen molar-refractivity contribution in [3.8, 4) is 0 Å². The second-order valence-electron chi connectivity index (χ2n) is 4.08.